The van der Waals surface area contributed by atoms with E-state index >= 15 is 0 Å². The second-order valence-electron chi connectivity index (χ2n) is 6.28. The van der Waals surface area contributed by atoms with E-state index in [-0.39, 0.29) is 0 Å². The largest absolute Gasteiger partial charge is 0.497 e. The summed E-state index contributed by atoms with van der Waals surface area (Å²) in [7, 11) is 1.67. The van der Waals surface area contributed by atoms with E-state index in [4.69, 9.17) is 17.0 Å². The molecule has 0 amide bonds. The molecule has 2 aromatic carbocycles. The maximum Gasteiger partial charge on any atom is 0.199 e. The summed E-state index contributed by atoms with van der Waals surface area (Å²) in [6.45, 7) is 2.11. The fraction of sp³-hybridized carbons (Fsp3) is 0.263. The molecule has 4 nitrogen and oxygen atoms in total. The van der Waals surface area contributed by atoms with E-state index in [1.807, 2.05) is 28.8 Å². The van der Waals surface area contributed by atoms with E-state index in [0.29, 0.717) is 16.6 Å². The van der Waals surface area contributed by atoms with Gasteiger partial charge in [0, 0.05) is 12.0 Å². The lowest BCUT2D eigenvalue weighted by Crippen LogP contribution is -2.01. The molecule has 0 unspecified atom stereocenters. The lowest BCUT2D eigenvalue weighted by Gasteiger charge is -2.08. The van der Waals surface area contributed by atoms with E-state index in [9.17, 15) is 0 Å². The average Bonchev–Trinajstić information content (AvgIpc) is 3.30. The Morgan fingerprint density at radius 2 is 1.96 bits per heavy atom. The molecule has 1 fully saturated rings. The van der Waals surface area contributed by atoms with Gasteiger partial charge in [0.25, 0.3) is 0 Å². The third-order valence-corrected chi connectivity index (χ3v) is 4.91. The number of aryl methyl sites for hydroxylation is 1. The number of benzene rings is 2. The molecule has 122 valence electrons. The van der Waals surface area contributed by atoms with Gasteiger partial charge in [-0.1, -0.05) is 35.9 Å². The minimum atomic E-state index is 0.395. The molecule has 4 rings (SSSR count). The van der Waals surface area contributed by atoms with Crippen LogP contribution in [0.5, 0.6) is 5.75 Å². The fourth-order valence-electron chi connectivity index (χ4n) is 3.22. The Morgan fingerprint density at radius 3 is 2.71 bits per heavy atom. The van der Waals surface area contributed by atoms with Crippen molar-refractivity contribution < 1.29 is 4.74 Å². The van der Waals surface area contributed by atoms with E-state index in [1.54, 1.807) is 7.11 Å². The zero-order valence-corrected chi connectivity index (χ0v) is 14.5. The Morgan fingerprint density at radius 1 is 1.17 bits per heavy atom. The molecule has 5 heteroatoms. The van der Waals surface area contributed by atoms with Gasteiger partial charge in [-0.25, -0.2) is 0 Å². The second-order valence-corrected chi connectivity index (χ2v) is 6.67. The minimum absolute atomic E-state index is 0.395. The van der Waals surface area contributed by atoms with E-state index in [0.717, 1.165) is 23.7 Å². The van der Waals surface area contributed by atoms with Gasteiger partial charge in [-0.05, 0) is 49.2 Å². The molecule has 1 heterocycles. The van der Waals surface area contributed by atoms with Gasteiger partial charge >= 0.3 is 0 Å². The van der Waals surface area contributed by atoms with Crippen molar-refractivity contribution in [3.8, 4) is 11.4 Å². The van der Waals surface area contributed by atoms with Gasteiger partial charge in [-0.15, -0.1) is 0 Å². The summed E-state index contributed by atoms with van der Waals surface area (Å²) < 4.78 is 7.98. The number of aromatic amines is 1. The van der Waals surface area contributed by atoms with Crippen molar-refractivity contribution in [2.45, 2.75) is 25.2 Å². The van der Waals surface area contributed by atoms with Gasteiger partial charge in [-0.2, -0.15) is 5.10 Å². The molecule has 3 aromatic rings. The van der Waals surface area contributed by atoms with Crippen molar-refractivity contribution in [3.05, 3.63) is 70.3 Å². The Labute approximate surface area is 146 Å². The van der Waals surface area contributed by atoms with E-state index in [2.05, 4.69) is 41.4 Å². The van der Waals surface area contributed by atoms with Crippen LogP contribution in [0.2, 0.25) is 0 Å². The Hall–Kier alpha value is -2.40. The number of methoxy groups -OCH3 is 1. The molecular formula is C19H19N3OS. The van der Waals surface area contributed by atoms with Crippen LogP contribution in [-0.2, 0) is 0 Å². The van der Waals surface area contributed by atoms with E-state index in [1.165, 1.54) is 11.1 Å². The van der Waals surface area contributed by atoms with Crippen LogP contribution in [0.25, 0.3) is 5.69 Å². The lowest BCUT2D eigenvalue weighted by molar-refractivity contribution is 0.414. The van der Waals surface area contributed by atoms with Crippen molar-refractivity contribution in [1.82, 2.24) is 14.8 Å². The summed E-state index contributed by atoms with van der Waals surface area (Å²) in [5.74, 6) is 2.72. The highest BCUT2D eigenvalue weighted by Crippen LogP contribution is 2.54. The number of nitrogens with one attached hydrogen (secondary N) is 1. The molecule has 24 heavy (non-hydrogen) atoms. The molecule has 1 saturated carbocycles. The van der Waals surface area contributed by atoms with Crippen LogP contribution < -0.4 is 4.74 Å². The minimum Gasteiger partial charge on any atom is -0.497 e. The molecule has 0 bridgehead atoms. The van der Waals surface area contributed by atoms with Crippen molar-refractivity contribution in [2.24, 2.45) is 0 Å². The van der Waals surface area contributed by atoms with Crippen LogP contribution in [-0.4, -0.2) is 21.9 Å². The Kier molecular flexibility index (Phi) is 3.73. The second kappa shape index (κ2) is 5.91. The molecule has 1 aliphatic rings. The summed E-state index contributed by atoms with van der Waals surface area (Å²) in [6, 6.07) is 16.7. The van der Waals surface area contributed by atoms with Crippen LogP contribution in [0.3, 0.4) is 0 Å². The number of hydrogen-bond acceptors (Lipinski definition) is 3. The summed E-state index contributed by atoms with van der Waals surface area (Å²) >= 11 is 5.46. The Bertz CT molecular complexity index is 926. The van der Waals surface area contributed by atoms with Crippen molar-refractivity contribution in [3.63, 3.8) is 0 Å². The Balaban J connectivity index is 1.68. The van der Waals surface area contributed by atoms with Crippen LogP contribution in [0.4, 0.5) is 0 Å². The third kappa shape index (κ3) is 2.65. The number of hydrogen-bond donors (Lipinski definition) is 1. The van der Waals surface area contributed by atoms with Crippen molar-refractivity contribution in [1.29, 1.82) is 0 Å². The highest BCUT2D eigenvalue weighted by atomic mass is 32.1. The summed E-state index contributed by atoms with van der Waals surface area (Å²) in [6.07, 6.45) is 1.10. The number of ether oxygens (including phenoxy) is 1. The van der Waals surface area contributed by atoms with Crippen LogP contribution in [0, 0.1) is 11.7 Å². The highest BCUT2D eigenvalue weighted by Gasteiger charge is 2.43. The average molecular weight is 337 g/mol. The van der Waals surface area contributed by atoms with Gasteiger partial charge in [-0.3, -0.25) is 9.67 Å². The van der Waals surface area contributed by atoms with Gasteiger partial charge in [0.1, 0.15) is 11.6 Å². The standard InChI is InChI=1S/C19H19N3OS/c1-12-6-8-13(9-7-12)16-11-17(16)18-20-21-19(24)22(18)14-4-3-5-15(10-14)23-2/h3-10,16-17H,11H2,1-2H3,(H,21,24)/t16-,17-/m0/s1. The van der Waals surface area contributed by atoms with Gasteiger partial charge in [0.05, 0.1) is 12.8 Å². The quantitative estimate of drug-likeness (QED) is 0.712. The molecule has 0 spiro atoms. The zero-order valence-electron chi connectivity index (χ0n) is 13.7. The number of H-pyrrole nitrogens is 1. The SMILES string of the molecule is COc1cccc(-n2c([C@H]3C[C@H]3c3ccc(C)cc3)n[nH]c2=S)c1. The van der Waals surface area contributed by atoms with Gasteiger partial charge in [0.2, 0.25) is 0 Å². The van der Waals surface area contributed by atoms with E-state index < -0.39 is 0 Å². The molecule has 1 aromatic heterocycles. The van der Waals surface area contributed by atoms with Gasteiger partial charge in [0.15, 0.2) is 4.77 Å². The first-order valence-corrected chi connectivity index (χ1v) is 8.46. The van der Waals surface area contributed by atoms with Crippen molar-refractivity contribution in [2.75, 3.05) is 7.11 Å². The fourth-order valence-corrected chi connectivity index (χ4v) is 3.46. The summed E-state index contributed by atoms with van der Waals surface area (Å²) in [5.41, 5.74) is 3.64. The maximum absolute atomic E-state index is 5.46. The van der Waals surface area contributed by atoms with Crippen LogP contribution in [0.15, 0.2) is 48.5 Å². The molecule has 1 N–H and O–H groups in total. The van der Waals surface area contributed by atoms with Gasteiger partial charge < -0.3 is 4.74 Å². The predicted molar refractivity (Wildman–Crippen MR) is 96.6 cm³/mol. The summed E-state index contributed by atoms with van der Waals surface area (Å²) in [4.78, 5) is 0. The van der Waals surface area contributed by atoms with Crippen molar-refractivity contribution >= 4 is 12.2 Å². The zero-order chi connectivity index (χ0) is 16.7. The summed E-state index contributed by atoms with van der Waals surface area (Å²) in [5, 5.41) is 7.46. The lowest BCUT2D eigenvalue weighted by atomic mass is 10.1. The highest BCUT2D eigenvalue weighted by molar-refractivity contribution is 7.71. The van der Waals surface area contributed by atoms with Crippen LogP contribution in [0.1, 0.15) is 35.2 Å². The first kappa shape index (κ1) is 15.1. The molecule has 1 aliphatic carbocycles. The first-order valence-electron chi connectivity index (χ1n) is 8.05. The third-order valence-electron chi connectivity index (χ3n) is 4.64. The van der Waals surface area contributed by atoms with Crippen LogP contribution >= 0.6 is 12.2 Å². The number of nitrogens with zero attached hydrogens (tertiary/aromatic N) is 2. The number of rotatable bonds is 4. The molecule has 0 aliphatic heterocycles. The monoisotopic (exact) mass is 337 g/mol. The smallest absolute Gasteiger partial charge is 0.199 e. The predicted octanol–water partition coefficient (Wildman–Crippen LogP) is 4.52. The normalized spacial score (nSPS) is 19.2. The molecular weight excluding hydrogens is 318 g/mol. The number of aromatic nitrogens is 3. The topological polar surface area (TPSA) is 42.8 Å². The molecule has 0 saturated heterocycles. The maximum atomic E-state index is 5.46. The first-order chi connectivity index (χ1) is 11.7. The molecule has 0 radical (unpaired) electrons. The molecule has 2 atom stereocenters.